The van der Waals surface area contributed by atoms with Gasteiger partial charge in [-0.2, -0.15) is 0 Å². The summed E-state index contributed by atoms with van der Waals surface area (Å²) < 4.78 is 0. The summed E-state index contributed by atoms with van der Waals surface area (Å²) in [4.78, 5) is 31.1. The molecular weight excluding hydrogens is 489 g/mol. The largest absolute Gasteiger partial charge is 0.354 e. The molecule has 0 aliphatic carbocycles. The Balaban J connectivity index is 1.46. The van der Waals surface area contributed by atoms with E-state index < -0.39 is 6.04 Å². The first-order valence-electron chi connectivity index (χ1n) is 11.9. The Morgan fingerprint density at radius 1 is 1.12 bits per heavy atom. The molecule has 2 heterocycles. The number of amides is 2. The molecular formula is C26H31Cl2N3O2S. The maximum Gasteiger partial charge on any atom is 0.257 e. The van der Waals surface area contributed by atoms with Gasteiger partial charge in [0.15, 0.2) is 0 Å². The molecule has 2 aliphatic rings. The van der Waals surface area contributed by atoms with Crippen molar-refractivity contribution in [3.8, 4) is 0 Å². The van der Waals surface area contributed by atoms with Crippen molar-refractivity contribution in [2.24, 2.45) is 0 Å². The number of hydrogen-bond acceptors (Lipinski definition) is 4. The predicted molar refractivity (Wildman–Crippen MR) is 141 cm³/mol. The van der Waals surface area contributed by atoms with E-state index in [2.05, 4.69) is 17.1 Å². The van der Waals surface area contributed by atoms with Crippen LogP contribution < -0.4 is 5.32 Å². The molecule has 0 spiro atoms. The summed E-state index contributed by atoms with van der Waals surface area (Å²) >= 11 is 14.0. The third-order valence-electron chi connectivity index (χ3n) is 6.65. The Morgan fingerprint density at radius 3 is 2.65 bits per heavy atom. The molecule has 34 heavy (non-hydrogen) atoms. The van der Waals surface area contributed by atoms with Crippen LogP contribution in [0.25, 0.3) is 0 Å². The molecule has 182 valence electrons. The van der Waals surface area contributed by atoms with E-state index in [9.17, 15) is 9.59 Å². The van der Waals surface area contributed by atoms with E-state index in [1.165, 1.54) is 19.3 Å². The molecule has 1 N–H and O–H groups in total. The second-order valence-corrected chi connectivity index (χ2v) is 10.9. The van der Waals surface area contributed by atoms with Gasteiger partial charge in [-0.05, 0) is 56.5 Å². The minimum absolute atomic E-state index is 0.115. The van der Waals surface area contributed by atoms with E-state index in [0.29, 0.717) is 28.9 Å². The van der Waals surface area contributed by atoms with Crippen molar-refractivity contribution in [2.75, 3.05) is 25.4 Å². The molecule has 0 aromatic heterocycles. The number of thioether (sulfide) groups is 1. The smallest absolute Gasteiger partial charge is 0.257 e. The van der Waals surface area contributed by atoms with Gasteiger partial charge in [-0.1, -0.05) is 60.0 Å². The summed E-state index contributed by atoms with van der Waals surface area (Å²) in [5.41, 5.74) is 1.34. The Kier molecular flexibility index (Phi) is 8.81. The third-order valence-corrected chi connectivity index (χ3v) is 8.52. The number of likely N-dealkylation sites (tertiary alicyclic amines) is 1. The zero-order valence-corrected chi connectivity index (χ0v) is 21.7. The molecule has 3 unspecified atom stereocenters. The van der Waals surface area contributed by atoms with Crippen molar-refractivity contribution in [3.63, 3.8) is 0 Å². The van der Waals surface area contributed by atoms with Crippen LogP contribution in [0.15, 0.2) is 48.5 Å². The van der Waals surface area contributed by atoms with Gasteiger partial charge in [0.2, 0.25) is 5.91 Å². The van der Waals surface area contributed by atoms with Gasteiger partial charge in [0.25, 0.3) is 5.91 Å². The third kappa shape index (κ3) is 5.91. The van der Waals surface area contributed by atoms with Gasteiger partial charge >= 0.3 is 0 Å². The standard InChI is InChI=1S/C26H31Cl2N3O2S/c1-18-8-5-6-14-30(18)15-7-13-29-24(32)23-17-34-26(19-9-3-2-4-10-19)31(23)25(33)21-12-11-20(27)16-22(21)28/h2-4,9-12,16,18,23,26H,5-8,13-15,17H2,1H3,(H,29,32). The van der Waals surface area contributed by atoms with Crippen LogP contribution in [-0.2, 0) is 4.79 Å². The minimum atomic E-state index is -0.566. The van der Waals surface area contributed by atoms with E-state index in [0.717, 1.165) is 25.1 Å². The fourth-order valence-corrected chi connectivity index (χ4v) is 6.65. The number of benzene rings is 2. The van der Waals surface area contributed by atoms with Crippen LogP contribution in [-0.4, -0.2) is 59.1 Å². The number of carbonyl (C=O) groups excluding carboxylic acids is 2. The Bertz CT molecular complexity index is 1010. The van der Waals surface area contributed by atoms with Crippen molar-refractivity contribution in [3.05, 3.63) is 69.7 Å². The highest BCUT2D eigenvalue weighted by atomic mass is 35.5. The first-order valence-corrected chi connectivity index (χ1v) is 13.7. The van der Waals surface area contributed by atoms with Gasteiger partial charge in [-0.15, -0.1) is 11.8 Å². The summed E-state index contributed by atoms with van der Waals surface area (Å²) in [6.07, 6.45) is 4.70. The quantitative estimate of drug-likeness (QED) is 0.481. The van der Waals surface area contributed by atoms with E-state index in [4.69, 9.17) is 23.2 Å². The molecule has 0 radical (unpaired) electrons. The zero-order valence-electron chi connectivity index (χ0n) is 19.4. The number of rotatable bonds is 7. The topological polar surface area (TPSA) is 52.7 Å². The number of carbonyl (C=O) groups is 2. The highest BCUT2D eigenvalue weighted by Crippen LogP contribution is 2.42. The monoisotopic (exact) mass is 519 g/mol. The van der Waals surface area contributed by atoms with Crippen molar-refractivity contribution < 1.29 is 9.59 Å². The lowest BCUT2D eigenvalue weighted by Crippen LogP contribution is -2.48. The number of hydrogen-bond donors (Lipinski definition) is 1. The fraction of sp³-hybridized carbons (Fsp3) is 0.462. The van der Waals surface area contributed by atoms with Gasteiger partial charge < -0.3 is 15.1 Å². The molecule has 0 bridgehead atoms. The molecule has 2 saturated heterocycles. The first-order chi connectivity index (χ1) is 16.5. The summed E-state index contributed by atoms with van der Waals surface area (Å²) in [6, 6.07) is 14.7. The lowest BCUT2D eigenvalue weighted by Gasteiger charge is -2.33. The van der Waals surface area contributed by atoms with Crippen molar-refractivity contribution in [1.82, 2.24) is 15.1 Å². The molecule has 2 fully saturated rings. The number of nitrogens with zero attached hydrogens (tertiary/aromatic N) is 2. The summed E-state index contributed by atoms with van der Waals surface area (Å²) in [5, 5.41) is 3.58. The average Bonchev–Trinajstić information content (AvgIpc) is 3.28. The second-order valence-electron chi connectivity index (χ2n) is 8.97. The number of halogens is 2. The van der Waals surface area contributed by atoms with Crippen LogP contribution in [0.2, 0.25) is 10.0 Å². The SMILES string of the molecule is CC1CCCCN1CCCNC(=O)C1CSC(c2ccccc2)N1C(=O)c1ccc(Cl)cc1Cl. The molecule has 4 rings (SSSR count). The molecule has 2 amide bonds. The highest BCUT2D eigenvalue weighted by molar-refractivity contribution is 7.99. The van der Waals surface area contributed by atoms with Crippen molar-refractivity contribution in [1.29, 1.82) is 0 Å². The number of piperidine rings is 1. The van der Waals surface area contributed by atoms with Crippen LogP contribution in [0.1, 0.15) is 53.9 Å². The molecule has 8 heteroatoms. The maximum atomic E-state index is 13.6. The molecule has 2 aromatic carbocycles. The predicted octanol–water partition coefficient (Wildman–Crippen LogP) is 5.63. The van der Waals surface area contributed by atoms with Crippen LogP contribution >= 0.6 is 35.0 Å². The zero-order chi connectivity index (χ0) is 24.1. The van der Waals surface area contributed by atoms with E-state index in [1.54, 1.807) is 34.9 Å². The minimum Gasteiger partial charge on any atom is -0.354 e. The van der Waals surface area contributed by atoms with E-state index in [1.807, 2.05) is 30.3 Å². The van der Waals surface area contributed by atoms with Gasteiger partial charge in [0.1, 0.15) is 11.4 Å². The molecule has 3 atom stereocenters. The van der Waals surface area contributed by atoms with Gasteiger partial charge in [0, 0.05) is 29.9 Å². The fourth-order valence-electron chi connectivity index (χ4n) is 4.73. The molecule has 2 aromatic rings. The van der Waals surface area contributed by atoms with E-state index >= 15 is 0 Å². The van der Waals surface area contributed by atoms with Gasteiger partial charge in [0.05, 0.1) is 10.6 Å². The van der Waals surface area contributed by atoms with Crippen molar-refractivity contribution >= 4 is 46.8 Å². The highest BCUT2D eigenvalue weighted by Gasteiger charge is 2.42. The Morgan fingerprint density at radius 2 is 1.91 bits per heavy atom. The molecule has 2 aliphatic heterocycles. The lowest BCUT2D eigenvalue weighted by atomic mass is 10.0. The van der Waals surface area contributed by atoms with Crippen LogP contribution in [0.4, 0.5) is 0 Å². The van der Waals surface area contributed by atoms with Crippen molar-refractivity contribution in [2.45, 2.75) is 50.1 Å². The summed E-state index contributed by atoms with van der Waals surface area (Å²) in [6.45, 7) is 5.00. The summed E-state index contributed by atoms with van der Waals surface area (Å²) in [5.74, 6) is 0.157. The normalized spacial score (nSPS) is 23.1. The molecule has 0 saturated carbocycles. The summed E-state index contributed by atoms with van der Waals surface area (Å²) in [7, 11) is 0. The first kappa shape index (κ1) is 25.4. The molecule has 5 nitrogen and oxygen atoms in total. The van der Waals surface area contributed by atoms with Gasteiger partial charge in [-0.3, -0.25) is 9.59 Å². The Hall–Kier alpha value is -1.73. The number of nitrogens with one attached hydrogen (secondary N) is 1. The Labute approximate surface area is 216 Å². The van der Waals surface area contributed by atoms with E-state index in [-0.39, 0.29) is 22.2 Å². The van der Waals surface area contributed by atoms with Crippen LogP contribution in [0.3, 0.4) is 0 Å². The lowest BCUT2D eigenvalue weighted by molar-refractivity contribution is -0.124. The average molecular weight is 521 g/mol. The van der Waals surface area contributed by atoms with Crippen LogP contribution in [0, 0.1) is 0 Å². The van der Waals surface area contributed by atoms with Gasteiger partial charge in [-0.25, -0.2) is 0 Å². The van der Waals surface area contributed by atoms with Crippen LogP contribution in [0.5, 0.6) is 0 Å². The second kappa shape index (κ2) is 11.8. The maximum absolute atomic E-state index is 13.6.